The van der Waals surface area contributed by atoms with Crippen molar-refractivity contribution in [1.82, 2.24) is 0 Å². The van der Waals surface area contributed by atoms with Gasteiger partial charge in [-0.15, -0.1) is 26.3 Å². The number of phosphoric acid groups is 1. The molecule has 0 aromatic carbocycles. The van der Waals surface area contributed by atoms with Gasteiger partial charge in [0.25, 0.3) is 0 Å². The van der Waals surface area contributed by atoms with Gasteiger partial charge in [-0.2, -0.15) is 9.05 Å². The lowest BCUT2D eigenvalue weighted by Gasteiger charge is -2.15. The van der Waals surface area contributed by atoms with Crippen LogP contribution in [0.1, 0.15) is 0 Å². The third-order valence-electron chi connectivity index (χ3n) is 0.515. The summed E-state index contributed by atoms with van der Waals surface area (Å²) < 4.78 is 94.8. The number of alkyl halides is 6. The van der Waals surface area contributed by atoms with Crippen LogP contribution in [0.2, 0.25) is 0 Å². The molecule has 0 aromatic heterocycles. The highest BCUT2D eigenvalue weighted by Gasteiger charge is 2.51. The molecule has 0 N–H and O–H groups in total. The van der Waals surface area contributed by atoms with Gasteiger partial charge in [0.15, 0.2) is 0 Å². The molecule has 0 spiro atoms. The zero-order chi connectivity index (χ0) is 11.6. The van der Waals surface area contributed by atoms with Crippen molar-refractivity contribution in [2.75, 3.05) is 0 Å². The van der Waals surface area contributed by atoms with Crippen molar-refractivity contribution in [2.45, 2.75) is 12.7 Å². The zero-order valence-corrected chi connectivity index (χ0v) is 6.62. The molecule has 0 rings (SSSR count). The van der Waals surface area contributed by atoms with Crippen molar-refractivity contribution in [2.24, 2.45) is 0 Å². The predicted octanol–water partition coefficient (Wildman–Crippen LogP) is 3.07. The summed E-state index contributed by atoms with van der Waals surface area (Å²) in [4.78, 5) is 0. The second-order valence-electron chi connectivity index (χ2n) is 1.59. The molecule has 0 heterocycles. The number of hydrogen-bond acceptors (Lipinski definition) is 4. The first-order valence-corrected chi connectivity index (χ1v) is 3.89. The monoisotopic (exact) mass is 252 g/mol. The molecule has 0 aliphatic rings. The Morgan fingerprint density at radius 1 is 0.857 bits per heavy atom. The molecule has 86 valence electrons. The fourth-order valence-electron chi connectivity index (χ4n) is 0.300. The summed E-state index contributed by atoms with van der Waals surface area (Å²) in [6.07, 6.45) is -11.6. The smallest absolute Gasteiger partial charge is 0.225 e. The summed E-state index contributed by atoms with van der Waals surface area (Å²) in [5.74, 6) is 0. The Morgan fingerprint density at radius 3 is 1.29 bits per heavy atom. The Labute approximate surface area is 71.1 Å². The average molecular weight is 252 g/mol. The van der Waals surface area contributed by atoms with Gasteiger partial charge in [-0.1, -0.05) is 4.73 Å². The van der Waals surface area contributed by atoms with E-state index in [2.05, 4.69) is 9.05 Å². The summed E-state index contributed by atoms with van der Waals surface area (Å²) in [5, 5.41) is 0. The molecule has 0 aliphatic heterocycles. The van der Waals surface area contributed by atoms with Crippen LogP contribution in [0.25, 0.3) is 0 Å². The number of rotatable bonds is 3. The summed E-state index contributed by atoms with van der Waals surface area (Å²) in [5.41, 5.74) is 0. The van der Waals surface area contributed by atoms with Gasteiger partial charge >= 0.3 is 20.5 Å². The first-order chi connectivity index (χ1) is 5.97. The van der Waals surface area contributed by atoms with Crippen molar-refractivity contribution >= 4 is 7.82 Å². The topological polar surface area (TPSA) is 44.8 Å². The molecule has 0 fully saturated rings. The highest BCUT2D eigenvalue weighted by atomic mass is 31.2. The molecule has 0 bridgehead atoms. The van der Waals surface area contributed by atoms with Gasteiger partial charge in [0.1, 0.15) is 0 Å². The Morgan fingerprint density at radius 2 is 1.14 bits per heavy atom. The lowest BCUT2D eigenvalue weighted by Crippen LogP contribution is -2.18. The minimum Gasteiger partial charge on any atom is -0.225 e. The van der Waals surface area contributed by atoms with Crippen LogP contribution in [-0.4, -0.2) is 12.7 Å². The zero-order valence-electron chi connectivity index (χ0n) is 5.73. The van der Waals surface area contributed by atoms with Crippen LogP contribution in [0, 0.1) is 0 Å². The maximum Gasteiger partial charge on any atom is 0.531 e. The van der Waals surface area contributed by atoms with Crippen LogP contribution >= 0.6 is 7.82 Å². The van der Waals surface area contributed by atoms with Crippen LogP contribution in [-0.2, 0) is 18.3 Å². The second kappa shape index (κ2) is 4.01. The van der Waals surface area contributed by atoms with Crippen LogP contribution in [0.15, 0.2) is 0 Å². The molecular formula is C2F7O4P. The highest BCUT2D eigenvalue weighted by Crippen LogP contribution is 2.57. The Kier molecular flexibility index (Phi) is 3.90. The minimum atomic E-state index is -6.36. The summed E-state index contributed by atoms with van der Waals surface area (Å²) >= 11 is 0. The fourth-order valence-corrected chi connectivity index (χ4v) is 0.901. The van der Waals surface area contributed by atoms with E-state index in [1.165, 1.54) is 0 Å². The van der Waals surface area contributed by atoms with E-state index in [0.29, 0.717) is 0 Å². The average Bonchev–Trinajstić information content (AvgIpc) is 1.78. The minimum absolute atomic E-state index is 1.86. The normalized spacial score (nSPS) is 14.5. The molecular weight excluding hydrogens is 252 g/mol. The van der Waals surface area contributed by atoms with Crippen molar-refractivity contribution in [3.8, 4) is 0 Å². The SMILES string of the molecule is O=P(OF)(OC(F)(F)F)OC(F)(F)F. The van der Waals surface area contributed by atoms with Crippen molar-refractivity contribution in [3.05, 3.63) is 0 Å². The summed E-state index contributed by atoms with van der Waals surface area (Å²) in [6.45, 7) is 0. The maximum atomic E-state index is 11.2. The van der Waals surface area contributed by atoms with E-state index in [-0.39, 0.29) is 0 Å². The fraction of sp³-hybridized carbons (Fsp3) is 1.00. The standard InChI is InChI=1S/C2F7O4P/c3-1(4,5)11-14(10,13-9)12-2(6,7)8. The van der Waals surface area contributed by atoms with Crippen molar-refractivity contribution < 1.29 is 49.2 Å². The van der Waals surface area contributed by atoms with E-state index >= 15 is 0 Å². The quantitative estimate of drug-likeness (QED) is 0.571. The largest absolute Gasteiger partial charge is 0.531 e. The Bertz CT molecular complexity index is 211. The van der Waals surface area contributed by atoms with E-state index in [1.807, 2.05) is 4.73 Å². The molecule has 0 aliphatic carbocycles. The molecule has 0 amide bonds. The predicted molar refractivity (Wildman–Crippen MR) is 24.1 cm³/mol. The molecule has 0 aromatic rings. The highest BCUT2D eigenvalue weighted by molar-refractivity contribution is 7.48. The first-order valence-electron chi connectivity index (χ1n) is 2.43. The van der Waals surface area contributed by atoms with E-state index in [4.69, 9.17) is 0 Å². The van der Waals surface area contributed by atoms with Crippen LogP contribution in [0.5, 0.6) is 0 Å². The van der Waals surface area contributed by atoms with E-state index in [9.17, 15) is 35.4 Å². The molecule has 0 atom stereocenters. The number of hydrogen-bond donors (Lipinski definition) is 0. The van der Waals surface area contributed by atoms with E-state index < -0.39 is 20.5 Å². The van der Waals surface area contributed by atoms with Crippen LogP contribution in [0.4, 0.5) is 30.9 Å². The van der Waals surface area contributed by atoms with E-state index in [1.54, 1.807) is 0 Å². The molecule has 14 heavy (non-hydrogen) atoms. The molecule has 0 radical (unpaired) electrons. The van der Waals surface area contributed by atoms with Crippen LogP contribution < -0.4 is 0 Å². The van der Waals surface area contributed by atoms with Crippen molar-refractivity contribution in [3.63, 3.8) is 0 Å². The van der Waals surface area contributed by atoms with Crippen LogP contribution in [0.3, 0.4) is 0 Å². The van der Waals surface area contributed by atoms with Gasteiger partial charge in [0.05, 0.1) is 0 Å². The van der Waals surface area contributed by atoms with Gasteiger partial charge < -0.3 is 0 Å². The Balaban J connectivity index is 4.59. The van der Waals surface area contributed by atoms with Gasteiger partial charge in [0.2, 0.25) is 0 Å². The first kappa shape index (κ1) is 13.6. The lowest BCUT2D eigenvalue weighted by molar-refractivity contribution is -0.322. The molecule has 0 saturated heterocycles. The number of phosphoric ester groups is 1. The van der Waals surface area contributed by atoms with Crippen molar-refractivity contribution in [1.29, 1.82) is 0 Å². The summed E-state index contributed by atoms with van der Waals surface area (Å²) in [6, 6.07) is 0. The second-order valence-corrected chi connectivity index (χ2v) is 2.99. The van der Waals surface area contributed by atoms with Gasteiger partial charge in [-0.25, -0.2) is 4.57 Å². The third kappa shape index (κ3) is 6.13. The maximum absolute atomic E-state index is 11.2. The number of halogens is 7. The van der Waals surface area contributed by atoms with Gasteiger partial charge in [-0.3, -0.25) is 0 Å². The molecule has 12 heteroatoms. The lowest BCUT2D eigenvalue weighted by atomic mass is 11.4. The summed E-state index contributed by atoms with van der Waals surface area (Å²) in [7, 11) is -6.36. The molecule has 4 nitrogen and oxygen atoms in total. The van der Waals surface area contributed by atoms with Gasteiger partial charge in [-0.05, 0) is 4.53 Å². The molecule has 0 unspecified atom stereocenters. The molecule has 0 saturated carbocycles. The Hall–Kier alpha value is -0.380. The van der Waals surface area contributed by atoms with E-state index in [0.717, 1.165) is 0 Å². The van der Waals surface area contributed by atoms with Gasteiger partial charge in [0, 0.05) is 0 Å². The third-order valence-corrected chi connectivity index (χ3v) is 1.55.